The maximum atomic E-state index is 14.0. The molecule has 0 N–H and O–H groups in total. The van der Waals surface area contributed by atoms with Gasteiger partial charge in [0.25, 0.3) is 5.91 Å². The molecule has 1 aromatic rings. The van der Waals surface area contributed by atoms with Crippen molar-refractivity contribution in [3.63, 3.8) is 0 Å². The fourth-order valence-corrected chi connectivity index (χ4v) is 4.37. The van der Waals surface area contributed by atoms with Gasteiger partial charge in [0.05, 0.1) is 17.1 Å². The number of benzene rings is 1. The zero-order chi connectivity index (χ0) is 19.6. The van der Waals surface area contributed by atoms with Crippen molar-refractivity contribution in [2.45, 2.75) is 20.3 Å². The smallest absolute Gasteiger partial charge is 0.258 e. The van der Waals surface area contributed by atoms with E-state index in [1.54, 1.807) is 4.90 Å². The van der Waals surface area contributed by atoms with Crippen molar-refractivity contribution in [1.82, 2.24) is 14.7 Å². The van der Waals surface area contributed by atoms with Crippen molar-refractivity contribution in [3.8, 4) is 0 Å². The van der Waals surface area contributed by atoms with Crippen LogP contribution in [-0.4, -0.2) is 72.3 Å². The van der Waals surface area contributed by atoms with Crippen LogP contribution in [-0.2, 0) is 4.79 Å². The van der Waals surface area contributed by atoms with Crippen LogP contribution < -0.4 is 0 Å². The van der Waals surface area contributed by atoms with Crippen molar-refractivity contribution in [2.75, 3.05) is 45.8 Å². The summed E-state index contributed by atoms with van der Waals surface area (Å²) in [6.45, 7) is 8.53. The molecule has 1 aromatic carbocycles. The van der Waals surface area contributed by atoms with Crippen LogP contribution in [0.1, 0.15) is 30.6 Å². The minimum atomic E-state index is -0.599. The Kier molecular flexibility index (Phi) is 6.37. The summed E-state index contributed by atoms with van der Waals surface area (Å²) in [5.74, 6) is 0.252. The molecule has 0 saturated carbocycles. The summed E-state index contributed by atoms with van der Waals surface area (Å²) < 4.78 is 14.0. The van der Waals surface area contributed by atoms with E-state index < -0.39 is 5.82 Å². The van der Waals surface area contributed by atoms with Crippen LogP contribution in [0.5, 0.6) is 0 Å². The van der Waals surface area contributed by atoms with Crippen LogP contribution in [0.3, 0.4) is 0 Å². The molecule has 2 aliphatic heterocycles. The first kappa shape index (κ1) is 20.1. The van der Waals surface area contributed by atoms with Crippen LogP contribution in [0.15, 0.2) is 18.2 Å². The number of rotatable bonds is 3. The Morgan fingerprint density at radius 1 is 1.07 bits per heavy atom. The van der Waals surface area contributed by atoms with Gasteiger partial charge in [-0.15, -0.1) is 0 Å². The van der Waals surface area contributed by atoms with Crippen molar-refractivity contribution in [3.05, 3.63) is 34.6 Å². The third kappa shape index (κ3) is 4.79. The van der Waals surface area contributed by atoms with E-state index in [-0.39, 0.29) is 22.4 Å². The number of hydrogen-bond donors (Lipinski definition) is 0. The lowest BCUT2D eigenvalue weighted by atomic mass is 9.92. The van der Waals surface area contributed by atoms with E-state index in [1.165, 1.54) is 24.6 Å². The summed E-state index contributed by atoms with van der Waals surface area (Å²) >= 11 is 6.00. The number of carbonyl (C=O) groups is 2. The summed E-state index contributed by atoms with van der Waals surface area (Å²) in [5.41, 5.74) is -0.0695. The number of likely N-dealkylation sites (tertiary alicyclic amines) is 1. The summed E-state index contributed by atoms with van der Waals surface area (Å²) in [5, 5.41) is 0.131. The van der Waals surface area contributed by atoms with Gasteiger partial charge in [-0.05, 0) is 30.4 Å². The van der Waals surface area contributed by atoms with Gasteiger partial charge in [-0.3, -0.25) is 14.5 Å². The number of amides is 2. The molecule has 2 unspecified atom stereocenters. The minimum Gasteiger partial charge on any atom is -0.341 e. The van der Waals surface area contributed by atoms with E-state index in [2.05, 4.69) is 18.7 Å². The predicted molar refractivity (Wildman–Crippen MR) is 103 cm³/mol. The average Bonchev–Trinajstić information content (AvgIpc) is 2.61. The molecule has 2 heterocycles. The molecule has 0 radical (unpaired) electrons. The highest BCUT2D eigenvalue weighted by Gasteiger charge is 2.29. The Morgan fingerprint density at radius 3 is 2.30 bits per heavy atom. The van der Waals surface area contributed by atoms with Gasteiger partial charge >= 0.3 is 0 Å². The maximum Gasteiger partial charge on any atom is 0.258 e. The summed E-state index contributed by atoms with van der Waals surface area (Å²) in [6.07, 6.45) is 1.17. The zero-order valence-electron chi connectivity index (χ0n) is 16.0. The zero-order valence-corrected chi connectivity index (χ0v) is 16.7. The predicted octanol–water partition coefficient (Wildman–Crippen LogP) is 2.74. The molecule has 0 aliphatic carbocycles. The summed E-state index contributed by atoms with van der Waals surface area (Å²) in [4.78, 5) is 30.9. The van der Waals surface area contributed by atoms with E-state index >= 15 is 0 Å². The van der Waals surface area contributed by atoms with E-state index in [0.717, 1.165) is 13.1 Å². The number of nitrogens with zero attached hydrogens (tertiary/aromatic N) is 3. The molecule has 0 aromatic heterocycles. The number of piperazine rings is 1. The van der Waals surface area contributed by atoms with Crippen LogP contribution in [0.2, 0.25) is 5.02 Å². The molecule has 2 atom stereocenters. The molecule has 5 nitrogen and oxygen atoms in total. The lowest BCUT2D eigenvalue weighted by Crippen LogP contribution is -2.53. The Morgan fingerprint density at radius 2 is 1.70 bits per heavy atom. The van der Waals surface area contributed by atoms with Gasteiger partial charge in [0.1, 0.15) is 5.82 Å². The average molecular weight is 396 g/mol. The lowest BCUT2D eigenvalue weighted by Gasteiger charge is -2.38. The van der Waals surface area contributed by atoms with Crippen molar-refractivity contribution >= 4 is 23.4 Å². The fraction of sp³-hybridized carbons (Fsp3) is 0.600. The number of piperidine rings is 1. The second-order valence-corrected chi connectivity index (χ2v) is 8.32. The molecular formula is C20H27ClFN3O2. The first-order valence-electron chi connectivity index (χ1n) is 9.58. The summed E-state index contributed by atoms with van der Waals surface area (Å²) in [7, 11) is 0. The van der Waals surface area contributed by atoms with E-state index in [4.69, 9.17) is 11.6 Å². The first-order chi connectivity index (χ1) is 12.8. The highest BCUT2D eigenvalue weighted by molar-refractivity contribution is 6.33. The van der Waals surface area contributed by atoms with Gasteiger partial charge in [0.2, 0.25) is 5.91 Å². The number of halogens is 2. The van der Waals surface area contributed by atoms with Gasteiger partial charge in [0, 0.05) is 39.3 Å². The van der Waals surface area contributed by atoms with E-state index in [1.807, 2.05) is 4.90 Å². The van der Waals surface area contributed by atoms with Gasteiger partial charge in [0.15, 0.2) is 0 Å². The Bertz CT molecular complexity index is 676. The Hall–Kier alpha value is -1.66. The third-order valence-corrected chi connectivity index (χ3v) is 5.73. The van der Waals surface area contributed by atoms with Crippen LogP contribution >= 0.6 is 11.6 Å². The maximum absolute atomic E-state index is 14.0. The first-order valence-corrected chi connectivity index (χ1v) is 9.96. The Labute approximate surface area is 165 Å². The number of carbonyl (C=O) groups excluding carboxylic acids is 2. The van der Waals surface area contributed by atoms with Crippen molar-refractivity contribution in [1.29, 1.82) is 0 Å². The van der Waals surface area contributed by atoms with E-state index in [0.29, 0.717) is 44.6 Å². The van der Waals surface area contributed by atoms with Crippen LogP contribution in [0, 0.1) is 17.7 Å². The molecule has 7 heteroatoms. The third-order valence-electron chi connectivity index (χ3n) is 5.42. The normalized spacial score (nSPS) is 24.1. The second kappa shape index (κ2) is 8.57. The summed E-state index contributed by atoms with van der Waals surface area (Å²) in [6, 6.07) is 4.25. The molecule has 27 heavy (non-hydrogen) atoms. The van der Waals surface area contributed by atoms with Crippen LogP contribution in [0.4, 0.5) is 4.39 Å². The molecule has 0 bridgehead atoms. The second-order valence-electron chi connectivity index (χ2n) is 7.91. The van der Waals surface area contributed by atoms with Crippen LogP contribution in [0.25, 0.3) is 0 Å². The quantitative estimate of drug-likeness (QED) is 0.790. The molecule has 2 aliphatic rings. The van der Waals surface area contributed by atoms with Gasteiger partial charge in [-0.25, -0.2) is 4.39 Å². The van der Waals surface area contributed by atoms with Gasteiger partial charge in [-0.1, -0.05) is 31.5 Å². The van der Waals surface area contributed by atoms with Gasteiger partial charge in [-0.2, -0.15) is 0 Å². The topological polar surface area (TPSA) is 43.9 Å². The fourth-order valence-electron chi connectivity index (χ4n) is 4.13. The Balaban J connectivity index is 1.53. The van der Waals surface area contributed by atoms with Crippen molar-refractivity contribution in [2.24, 2.45) is 11.8 Å². The molecule has 2 amide bonds. The van der Waals surface area contributed by atoms with E-state index in [9.17, 15) is 14.0 Å². The monoisotopic (exact) mass is 395 g/mol. The molecule has 148 valence electrons. The molecule has 3 rings (SSSR count). The molecular weight excluding hydrogens is 369 g/mol. The highest BCUT2D eigenvalue weighted by atomic mass is 35.5. The minimum absolute atomic E-state index is 0.0695. The van der Waals surface area contributed by atoms with Crippen molar-refractivity contribution < 1.29 is 14.0 Å². The lowest BCUT2D eigenvalue weighted by molar-refractivity contribution is -0.135. The highest BCUT2D eigenvalue weighted by Crippen LogP contribution is 2.23. The molecule has 2 saturated heterocycles. The SMILES string of the molecule is CC1CC(C)CN(C(=O)CN2CCN(C(=O)c3c(F)cccc3Cl)CC2)C1. The molecule has 0 spiro atoms. The largest absolute Gasteiger partial charge is 0.341 e. The van der Waals surface area contributed by atoms with Gasteiger partial charge < -0.3 is 9.80 Å². The standard InChI is InChI=1S/C20H27ClFN3O2/c1-14-10-15(2)12-25(11-14)18(26)13-23-6-8-24(9-7-23)20(27)19-16(21)4-3-5-17(19)22/h3-5,14-15H,6-13H2,1-2H3. The molecule has 2 fully saturated rings. The number of hydrogen-bond acceptors (Lipinski definition) is 3.